The standard InChI is InChI=1S/C30H33NO5S/c1-17-26(9-19-5-7-20(8-6-19)21-10-24(35-3)12-25(11-21)36-4)27(18(2)37-17)28(32)31-23-15-30(16-23)13-22(14-30)29(33)34/h5-8,10-12,22-23H,9,13-16H2,1-4H3,(H,31,32)(H,33,34). The van der Waals surface area contributed by atoms with Crippen LogP contribution < -0.4 is 14.8 Å². The lowest BCUT2D eigenvalue weighted by Gasteiger charge is -2.56. The highest BCUT2D eigenvalue weighted by atomic mass is 32.1. The Balaban J connectivity index is 1.27. The predicted molar refractivity (Wildman–Crippen MR) is 145 cm³/mol. The molecule has 2 saturated carbocycles. The van der Waals surface area contributed by atoms with Crippen molar-refractivity contribution in [3.05, 3.63) is 68.9 Å². The van der Waals surface area contributed by atoms with E-state index >= 15 is 0 Å². The van der Waals surface area contributed by atoms with E-state index in [-0.39, 0.29) is 23.3 Å². The fourth-order valence-corrected chi connectivity index (χ4v) is 7.15. The predicted octanol–water partition coefficient (Wildman–Crippen LogP) is 6.01. The zero-order valence-corrected chi connectivity index (χ0v) is 22.5. The summed E-state index contributed by atoms with van der Waals surface area (Å²) in [5.74, 6) is 0.585. The number of rotatable bonds is 8. The minimum Gasteiger partial charge on any atom is -0.497 e. The molecule has 0 aliphatic heterocycles. The number of methoxy groups -OCH3 is 2. The summed E-state index contributed by atoms with van der Waals surface area (Å²) in [5, 5.41) is 12.4. The topological polar surface area (TPSA) is 84.9 Å². The Hall–Kier alpha value is -3.32. The maximum Gasteiger partial charge on any atom is 0.306 e. The van der Waals surface area contributed by atoms with E-state index in [4.69, 9.17) is 14.6 Å². The molecule has 7 heteroatoms. The number of carboxylic acid groups (broad SMARTS) is 1. The van der Waals surface area contributed by atoms with E-state index in [0.717, 1.165) is 74.8 Å². The van der Waals surface area contributed by atoms with Crippen LogP contribution in [-0.2, 0) is 11.2 Å². The van der Waals surface area contributed by atoms with Crippen molar-refractivity contribution in [3.63, 3.8) is 0 Å². The number of carbonyl (C=O) groups excluding carboxylic acids is 1. The van der Waals surface area contributed by atoms with Crippen LogP contribution in [0.1, 0.15) is 56.9 Å². The van der Waals surface area contributed by atoms with Gasteiger partial charge in [0.25, 0.3) is 5.91 Å². The number of carbonyl (C=O) groups is 2. The number of benzene rings is 2. The average molecular weight is 520 g/mol. The molecule has 3 aromatic rings. The van der Waals surface area contributed by atoms with Crippen LogP contribution in [0.15, 0.2) is 42.5 Å². The molecule has 5 rings (SSSR count). The van der Waals surface area contributed by atoms with Crippen LogP contribution in [0.5, 0.6) is 11.5 Å². The number of aryl methyl sites for hydroxylation is 2. The Labute approximate surface area is 221 Å². The number of amides is 1. The molecule has 6 nitrogen and oxygen atoms in total. The van der Waals surface area contributed by atoms with E-state index in [1.807, 2.05) is 25.1 Å². The molecule has 2 fully saturated rings. The first-order chi connectivity index (χ1) is 17.7. The third-order valence-electron chi connectivity index (χ3n) is 8.03. The summed E-state index contributed by atoms with van der Waals surface area (Å²) in [4.78, 5) is 26.7. The number of ether oxygens (including phenoxy) is 2. The fourth-order valence-electron chi connectivity index (χ4n) is 6.07. The van der Waals surface area contributed by atoms with Gasteiger partial charge in [-0.15, -0.1) is 11.3 Å². The number of hydrogen-bond acceptors (Lipinski definition) is 5. The van der Waals surface area contributed by atoms with Gasteiger partial charge in [-0.2, -0.15) is 0 Å². The second kappa shape index (κ2) is 9.86. The molecule has 1 aromatic heterocycles. The SMILES string of the molecule is COc1cc(OC)cc(-c2ccc(Cc3c(C)sc(C)c3C(=O)NC3CC4(C3)CC(C(=O)O)C4)cc2)c1. The number of thiophene rings is 1. The quantitative estimate of drug-likeness (QED) is 0.381. The number of aliphatic carboxylic acids is 1. The molecule has 2 aromatic carbocycles. The minimum absolute atomic E-state index is 0.00842. The van der Waals surface area contributed by atoms with Gasteiger partial charge in [0, 0.05) is 21.9 Å². The van der Waals surface area contributed by atoms with Crippen molar-refractivity contribution >= 4 is 23.2 Å². The zero-order chi connectivity index (χ0) is 26.3. The maximum absolute atomic E-state index is 13.3. The Morgan fingerprint density at radius 1 is 0.946 bits per heavy atom. The summed E-state index contributed by atoms with van der Waals surface area (Å²) in [6, 6.07) is 14.4. The van der Waals surface area contributed by atoms with Crippen LogP contribution in [0.3, 0.4) is 0 Å². The lowest BCUT2D eigenvalue weighted by Crippen LogP contribution is -2.57. The second-order valence-electron chi connectivity index (χ2n) is 10.6. The van der Waals surface area contributed by atoms with Crippen molar-refractivity contribution in [2.75, 3.05) is 14.2 Å². The molecule has 0 atom stereocenters. The summed E-state index contributed by atoms with van der Waals surface area (Å²) in [7, 11) is 3.29. The summed E-state index contributed by atoms with van der Waals surface area (Å²) in [6.45, 7) is 4.10. The molecular formula is C30H33NO5S. The Bertz CT molecular complexity index is 1310. The third-order valence-corrected chi connectivity index (χ3v) is 9.10. The van der Waals surface area contributed by atoms with Crippen LogP contribution in [0.4, 0.5) is 0 Å². The smallest absolute Gasteiger partial charge is 0.306 e. The third kappa shape index (κ3) is 4.97. The van der Waals surface area contributed by atoms with E-state index in [2.05, 4.69) is 36.5 Å². The van der Waals surface area contributed by atoms with Gasteiger partial charge < -0.3 is 19.9 Å². The lowest BCUT2D eigenvalue weighted by atomic mass is 9.50. The summed E-state index contributed by atoms with van der Waals surface area (Å²) < 4.78 is 10.8. The van der Waals surface area contributed by atoms with Crippen LogP contribution in [0.25, 0.3) is 11.1 Å². The van der Waals surface area contributed by atoms with Crippen LogP contribution >= 0.6 is 11.3 Å². The van der Waals surface area contributed by atoms with Gasteiger partial charge in [-0.25, -0.2) is 0 Å². The molecule has 2 aliphatic carbocycles. The van der Waals surface area contributed by atoms with Crippen LogP contribution in [0, 0.1) is 25.2 Å². The Kier molecular flexibility index (Phi) is 6.75. The molecule has 0 saturated heterocycles. The molecule has 1 spiro atoms. The average Bonchev–Trinajstić information content (AvgIpc) is 3.11. The fraction of sp³-hybridized carbons (Fsp3) is 0.400. The Morgan fingerprint density at radius 3 is 2.14 bits per heavy atom. The monoisotopic (exact) mass is 519 g/mol. The highest BCUT2D eigenvalue weighted by Gasteiger charge is 2.55. The number of hydrogen-bond donors (Lipinski definition) is 2. The van der Waals surface area contributed by atoms with E-state index in [9.17, 15) is 9.59 Å². The van der Waals surface area contributed by atoms with Gasteiger partial charge in [0.05, 0.1) is 25.7 Å². The highest BCUT2D eigenvalue weighted by Crippen LogP contribution is 2.58. The van der Waals surface area contributed by atoms with Gasteiger partial charge in [0.1, 0.15) is 11.5 Å². The van der Waals surface area contributed by atoms with Gasteiger partial charge in [0.2, 0.25) is 0 Å². The lowest BCUT2D eigenvalue weighted by molar-refractivity contribution is -0.155. The number of nitrogens with one attached hydrogen (secondary N) is 1. The van der Waals surface area contributed by atoms with E-state index in [0.29, 0.717) is 6.42 Å². The summed E-state index contributed by atoms with van der Waals surface area (Å²) in [5.41, 5.74) is 5.24. The van der Waals surface area contributed by atoms with Gasteiger partial charge in [-0.3, -0.25) is 9.59 Å². The summed E-state index contributed by atoms with van der Waals surface area (Å²) in [6.07, 6.45) is 3.95. The second-order valence-corrected chi connectivity index (χ2v) is 12.0. The molecule has 0 unspecified atom stereocenters. The van der Waals surface area contributed by atoms with Crippen molar-refractivity contribution in [2.45, 2.75) is 52.0 Å². The van der Waals surface area contributed by atoms with Crippen LogP contribution in [0.2, 0.25) is 0 Å². The highest BCUT2D eigenvalue weighted by molar-refractivity contribution is 7.12. The normalized spacial score (nSPS) is 22.2. The molecule has 2 N–H and O–H groups in total. The van der Waals surface area contributed by atoms with Crippen molar-refractivity contribution < 1.29 is 24.2 Å². The van der Waals surface area contributed by atoms with E-state index < -0.39 is 5.97 Å². The number of carboxylic acids is 1. The first kappa shape index (κ1) is 25.3. The van der Waals surface area contributed by atoms with Crippen molar-refractivity contribution in [1.82, 2.24) is 5.32 Å². The van der Waals surface area contributed by atoms with Crippen LogP contribution in [-0.4, -0.2) is 37.2 Å². The molecule has 2 aliphatic rings. The van der Waals surface area contributed by atoms with Gasteiger partial charge >= 0.3 is 5.97 Å². The zero-order valence-electron chi connectivity index (χ0n) is 21.7. The van der Waals surface area contributed by atoms with Crippen molar-refractivity contribution in [2.24, 2.45) is 11.3 Å². The van der Waals surface area contributed by atoms with Crippen molar-refractivity contribution in [3.8, 4) is 22.6 Å². The molecule has 37 heavy (non-hydrogen) atoms. The van der Waals surface area contributed by atoms with E-state index in [1.165, 1.54) is 0 Å². The molecule has 1 heterocycles. The minimum atomic E-state index is -0.691. The molecule has 1 amide bonds. The van der Waals surface area contributed by atoms with Gasteiger partial charge in [-0.1, -0.05) is 24.3 Å². The molecule has 0 bridgehead atoms. The van der Waals surface area contributed by atoms with Gasteiger partial charge in [0.15, 0.2) is 0 Å². The Morgan fingerprint density at radius 2 is 1.57 bits per heavy atom. The first-order valence-corrected chi connectivity index (χ1v) is 13.5. The van der Waals surface area contributed by atoms with E-state index in [1.54, 1.807) is 25.6 Å². The largest absolute Gasteiger partial charge is 0.497 e. The summed E-state index contributed by atoms with van der Waals surface area (Å²) >= 11 is 1.67. The molecule has 194 valence electrons. The first-order valence-electron chi connectivity index (χ1n) is 12.6. The molecule has 0 radical (unpaired) electrons. The maximum atomic E-state index is 13.3. The van der Waals surface area contributed by atoms with Gasteiger partial charge in [-0.05, 0) is 85.8 Å². The molecular weight excluding hydrogens is 486 g/mol. The van der Waals surface area contributed by atoms with Crippen molar-refractivity contribution in [1.29, 1.82) is 0 Å².